The lowest BCUT2D eigenvalue weighted by molar-refractivity contribution is 0.171. The summed E-state index contributed by atoms with van der Waals surface area (Å²) in [7, 11) is -3.75. The van der Waals surface area contributed by atoms with Gasteiger partial charge < -0.3 is 14.8 Å². The molecule has 9 heteroatoms. The summed E-state index contributed by atoms with van der Waals surface area (Å²) in [5.74, 6) is 1.57. The van der Waals surface area contributed by atoms with E-state index >= 15 is 0 Å². The average molecular weight is 398 g/mol. The number of rotatable bonds is 5. The average Bonchev–Trinajstić information content (AvgIpc) is 2.70. The Morgan fingerprint density at radius 2 is 1.57 bits per heavy atom. The molecular weight excluding hydrogens is 380 g/mol. The van der Waals surface area contributed by atoms with Crippen LogP contribution in [0.3, 0.4) is 0 Å². The maximum atomic E-state index is 12.7. The van der Waals surface area contributed by atoms with Crippen molar-refractivity contribution in [3.63, 3.8) is 0 Å². The maximum absolute atomic E-state index is 12.7. The Morgan fingerprint density at radius 3 is 2.29 bits per heavy atom. The number of hydrogen-bond acceptors (Lipinski definition) is 7. The Bertz CT molecular complexity index is 1080. The van der Waals surface area contributed by atoms with E-state index in [0.717, 1.165) is 11.4 Å². The highest BCUT2D eigenvalue weighted by Crippen LogP contribution is 2.32. The van der Waals surface area contributed by atoms with E-state index in [9.17, 15) is 8.42 Å². The van der Waals surface area contributed by atoms with E-state index in [1.807, 2.05) is 19.1 Å². The second kappa shape index (κ2) is 7.35. The van der Waals surface area contributed by atoms with Gasteiger partial charge in [0.2, 0.25) is 0 Å². The Labute approximate surface area is 162 Å². The number of nitrogens with zero attached hydrogens (tertiary/aromatic N) is 2. The smallest absolute Gasteiger partial charge is 0.262 e. The van der Waals surface area contributed by atoms with Crippen LogP contribution in [0.25, 0.3) is 0 Å². The van der Waals surface area contributed by atoms with Gasteiger partial charge in [-0.3, -0.25) is 4.72 Å². The minimum atomic E-state index is -3.75. The highest BCUT2D eigenvalue weighted by atomic mass is 32.2. The van der Waals surface area contributed by atoms with E-state index in [0.29, 0.717) is 36.2 Å². The van der Waals surface area contributed by atoms with E-state index in [-0.39, 0.29) is 4.90 Å². The van der Waals surface area contributed by atoms with Gasteiger partial charge >= 0.3 is 0 Å². The largest absolute Gasteiger partial charge is 0.486 e. The van der Waals surface area contributed by atoms with E-state index in [1.165, 1.54) is 12.1 Å². The van der Waals surface area contributed by atoms with Gasteiger partial charge in [0.15, 0.2) is 17.3 Å². The summed E-state index contributed by atoms with van der Waals surface area (Å²) in [5, 5.41) is 11.1. The van der Waals surface area contributed by atoms with Crippen molar-refractivity contribution in [2.24, 2.45) is 0 Å². The molecule has 1 aromatic heterocycles. The molecular formula is C19H18N4O4S. The third-order valence-corrected chi connectivity index (χ3v) is 5.41. The molecule has 3 aromatic rings. The quantitative estimate of drug-likeness (QED) is 0.681. The fourth-order valence-corrected chi connectivity index (χ4v) is 3.71. The number of ether oxygens (including phenoxy) is 2. The first-order chi connectivity index (χ1) is 13.5. The number of hydrogen-bond donors (Lipinski definition) is 2. The summed E-state index contributed by atoms with van der Waals surface area (Å²) in [5.41, 5.74) is 2.03. The third-order valence-electron chi connectivity index (χ3n) is 4.03. The van der Waals surface area contributed by atoms with Gasteiger partial charge in [-0.2, -0.15) is 5.10 Å². The standard InChI is InChI=1S/C19H18N4O4S/c1-13-2-9-19(22-21-13)20-14-3-5-15(6-4-14)23-28(24,25)16-7-8-17-18(12-16)27-11-10-26-17/h2-9,12,23H,10-11H2,1H3,(H,20,22). The van der Waals surface area contributed by atoms with Crippen LogP contribution in [-0.2, 0) is 10.0 Å². The molecule has 4 rings (SSSR count). The van der Waals surface area contributed by atoms with Crippen molar-refractivity contribution in [1.82, 2.24) is 10.2 Å². The lowest BCUT2D eigenvalue weighted by Gasteiger charge is -2.19. The molecule has 2 aromatic carbocycles. The van der Waals surface area contributed by atoms with Gasteiger partial charge in [-0.15, -0.1) is 5.10 Å². The van der Waals surface area contributed by atoms with E-state index in [4.69, 9.17) is 9.47 Å². The number of sulfonamides is 1. The Morgan fingerprint density at radius 1 is 0.857 bits per heavy atom. The lowest BCUT2D eigenvalue weighted by atomic mass is 10.3. The molecule has 2 N–H and O–H groups in total. The highest BCUT2D eigenvalue weighted by Gasteiger charge is 2.19. The van der Waals surface area contributed by atoms with Crippen LogP contribution in [0.1, 0.15) is 5.69 Å². The molecule has 1 aliphatic rings. The summed E-state index contributed by atoms with van der Waals surface area (Å²) >= 11 is 0. The molecule has 2 heterocycles. The Balaban J connectivity index is 1.48. The van der Waals surface area contributed by atoms with Crippen molar-refractivity contribution >= 4 is 27.2 Å². The monoisotopic (exact) mass is 398 g/mol. The van der Waals surface area contributed by atoms with Crippen LogP contribution in [0.5, 0.6) is 11.5 Å². The molecule has 28 heavy (non-hydrogen) atoms. The zero-order valence-electron chi connectivity index (χ0n) is 15.0. The molecule has 0 saturated heterocycles. The first kappa shape index (κ1) is 18.1. The molecule has 0 saturated carbocycles. The minimum absolute atomic E-state index is 0.105. The van der Waals surface area contributed by atoms with Crippen molar-refractivity contribution in [3.8, 4) is 11.5 Å². The van der Waals surface area contributed by atoms with Crippen LogP contribution in [0.15, 0.2) is 59.5 Å². The molecule has 0 spiro atoms. The molecule has 0 unspecified atom stereocenters. The molecule has 0 fully saturated rings. The number of fused-ring (bicyclic) bond motifs is 1. The predicted molar refractivity (Wildman–Crippen MR) is 105 cm³/mol. The third kappa shape index (κ3) is 3.99. The SMILES string of the molecule is Cc1ccc(Nc2ccc(NS(=O)(=O)c3ccc4c(c3)OCCO4)cc2)nn1. The number of aryl methyl sites for hydroxylation is 1. The number of nitrogens with one attached hydrogen (secondary N) is 2. The zero-order chi connectivity index (χ0) is 19.6. The fraction of sp³-hybridized carbons (Fsp3) is 0.158. The number of aromatic nitrogens is 2. The molecule has 1 aliphatic heterocycles. The van der Waals surface area contributed by atoms with Gasteiger partial charge in [0.1, 0.15) is 13.2 Å². The van der Waals surface area contributed by atoms with Crippen molar-refractivity contribution in [1.29, 1.82) is 0 Å². The molecule has 8 nitrogen and oxygen atoms in total. The van der Waals surface area contributed by atoms with Crippen molar-refractivity contribution < 1.29 is 17.9 Å². The summed E-state index contributed by atoms with van der Waals surface area (Å²) in [4.78, 5) is 0.105. The van der Waals surface area contributed by atoms with Gasteiger partial charge in [0.25, 0.3) is 10.0 Å². The van der Waals surface area contributed by atoms with Crippen molar-refractivity contribution in [3.05, 3.63) is 60.3 Å². The van der Waals surface area contributed by atoms with Crippen LogP contribution in [0, 0.1) is 6.92 Å². The minimum Gasteiger partial charge on any atom is -0.486 e. The number of benzene rings is 2. The lowest BCUT2D eigenvalue weighted by Crippen LogP contribution is -2.17. The van der Waals surface area contributed by atoms with Crippen molar-refractivity contribution in [2.75, 3.05) is 23.3 Å². The molecule has 0 radical (unpaired) electrons. The van der Waals surface area contributed by atoms with Gasteiger partial charge in [-0.05, 0) is 55.5 Å². The topological polar surface area (TPSA) is 102 Å². The Kier molecular flexibility index (Phi) is 4.74. The maximum Gasteiger partial charge on any atom is 0.262 e. The van der Waals surface area contributed by atoms with Crippen LogP contribution in [0.2, 0.25) is 0 Å². The van der Waals surface area contributed by atoms with Crippen LogP contribution in [0.4, 0.5) is 17.2 Å². The highest BCUT2D eigenvalue weighted by molar-refractivity contribution is 7.92. The predicted octanol–water partition coefficient (Wildman–Crippen LogP) is 3.10. The van der Waals surface area contributed by atoms with Crippen LogP contribution < -0.4 is 19.5 Å². The second-order valence-electron chi connectivity index (χ2n) is 6.17. The van der Waals surface area contributed by atoms with Crippen molar-refractivity contribution in [2.45, 2.75) is 11.8 Å². The van der Waals surface area contributed by atoms with Gasteiger partial charge in [-0.25, -0.2) is 8.42 Å². The fourth-order valence-electron chi connectivity index (χ4n) is 2.64. The summed E-state index contributed by atoms with van der Waals surface area (Å²) in [6.07, 6.45) is 0. The second-order valence-corrected chi connectivity index (χ2v) is 7.86. The van der Waals surface area contributed by atoms with Gasteiger partial charge in [-0.1, -0.05) is 0 Å². The normalized spacial score (nSPS) is 13.0. The summed E-state index contributed by atoms with van der Waals surface area (Å²) in [6, 6.07) is 15.1. The van der Waals surface area contributed by atoms with E-state index in [2.05, 4.69) is 20.2 Å². The molecule has 144 valence electrons. The molecule has 0 atom stereocenters. The molecule has 0 aliphatic carbocycles. The summed E-state index contributed by atoms with van der Waals surface area (Å²) in [6.45, 7) is 2.70. The Hall–Kier alpha value is -3.33. The van der Waals surface area contributed by atoms with E-state index in [1.54, 1.807) is 30.3 Å². The molecule has 0 bridgehead atoms. The van der Waals surface area contributed by atoms with Gasteiger partial charge in [0, 0.05) is 17.4 Å². The first-order valence-corrected chi connectivity index (χ1v) is 10.1. The van der Waals surface area contributed by atoms with Crippen LogP contribution in [-0.4, -0.2) is 31.8 Å². The summed E-state index contributed by atoms with van der Waals surface area (Å²) < 4.78 is 38.7. The van der Waals surface area contributed by atoms with Gasteiger partial charge in [0.05, 0.1) is 10.6 Å². The zero-order valence-corrected chi connectivity index (χ0v) is 15.9. The first-order valence-electron chi connectivity index (χ1n) is 8.59. The van der Waals surface area contributed by atoms with E-state index < -0.39 is 10.0 Å². The van der Waals surface area contributed by atoms with Crippen LogP contribution >= 0.6 is 0 Å². The number of anilines is 3. The molecule has 0 amide bonds.